The minimum atomic E-state index is 0.584. The van der Waals surface area contributed by atoms with Gasteiger partial charge in [0.1, 0.15) is 12.4 Å². The average Bonchev–Trinajstić information content (AvgIpc) is 2.80. The molecule has 0 aromatic heterocycles. The minimum absolute atomic E-state index is 0.584. The van der Waals surface area contributed by atoms with Crippen molar-refractivity contribution in [2.75, 3.05) is 26.2 Å². The van der Waals surface area contributed by atoms with Gasteiger partial charge in [-0.25, -0.2) is 0 Å². The highest BCUT2D eigenvalue weighted by atomic mass is 16.5. The Morgan fingerprint density at radius 1 is 0.871 bits per heavy atom. The summed E-state index contributed by atoms with van der Waals surface area (Å²) in [6.07, 6.45) is 1.95. The van der Waals surface area contributed by atoms with E-state index in [0.29, 0.717) is 6.61 Å². The average molecular weight is 414 g/mol. The lowest BCUT2D eigenvalue weighted by Crippen LogP contribution is -2.43. The first kappa shape index (κ1) is 21.1. The van der Waals surface area contributed by atoms with Crippen LogP contribution in [0.15, 0.2) is 77.9 Å². The van der Waals surface area contributed by atoms with Gasteiger partial charge in [0, 0.05) is 32.7 Å². The lowest BCUT2D eigenvalue weighted by molar-refractivity contribution is 0.131. The number of nitrogens with zero attached hydrogens (tertiary/aromatic N) is 3. The first-order chi connectivity index (χ1) is 15.2. The van der Waals surface area contributed by atoms with Crippen LogP contribution >= 0.6 is 0 Å². The molecule has 0 unspecified atom stereocenters. The van der Waals surface area contributed by atoms with Crippen molar-refractivity contribution < 1.29 is 4.74 Å². The van der Waals surface area contributed by atoms with E-state index in [2.05, 4.69) is 71.3 Å². The van der Waals surface area contributed by atoms with Gasteiger partial charge >= 0.3 is 0 Å². The maximum Gasteiger partial charge on any atom is 0.119 e. The Kier molecular flexibility index (Phi) is 7.00. The van der Waals surface area contributed by atoms with E-state index in [0.717, 1.165) is 44.0 Å². The predicted octanol–water partition coefficient (Wildman–Crippen LogP) is 5.03. The second-order valence-corrected chi connectivity index (χ2v) is 8.25. The van der Waals surface area contributed by atoms with Crippen LogP contribution in [-0.4, -0.2) is 42.3 Å². The van der Waals surface area contributed by atoms with E-state index in [9.17, 15) is 0 Å². The van der Waals surface area contributed by atoms with Crippen LogP contribution in [0.5, 0.6) is 5.75 Å². The number of aryl methyl sites for hydroxylation is 2. The number of ether oxygens (including phenoxy) is 1. The maximum absolute atomic E-state index is 5.86. The number of hydrogen-bond donors (Lipinski definition) is 0. The molecule has 1 heterocycles. The van der Waals surface area contributed by atoms with Gasteiger partial charge in [0.15, 0.2) is 0 Å². The zero-order valence-electron chi connectivity index (χ0n) is 18.5. The molecule has 3 aromatic carbocycles. The molecule has 1 aliphatic rings. The molecular formula is C27H31N3O. The van der Waals surface area contributed by atoms with E-state index in [4.69, 9.17) is 4.74 Å². The molecular weight excluding hydrogens is 382 g/mol. The van der Waals surface area contributed by atoms with Crippen LogP contribution < -0.4 is 4.74 Å². The van der Waals surface area contributed by atoms with Gasteiger partial charge in [-0.05, 0) is 60.4 Å². The molecule has 0 amide bonds. The highest BCUT2D eigenvalue weighted by Crippen LogP contribution is 2.16. The summed E-state index contributed by atoms with van der Waals surface area (Å²) in [6.45, 7) is 9.96. The van der Waals surface area contributed by atoms with Crippen molar-refractivity contribution >= 4 is 6.21 Å². The molecule has 1 saturated heterocycles. The Hall–Kier alpha value is -3.11. The summed E-state index contributed by atoms with van der Waals surface area (Å²) in [6, 6.07) is 25.1. The summed E-state index contributed by atoms with van der Waals surface area (Å²) in [5, 5.41) is 6.85. The molecule has 0 spiro atoms. The molecule has 4 nitrogen and oxygen atoms in total. The molecule has 0 aliphatic carbocycles. The molecule has 0 radical (unpaired) electrons. The largest absolute Gasteiger partial charge is 0.489 e. The monoisotopic (exact) mass is 413 g/mol. The smallest absolute Gasteiger partial charge is 0.119 e. The van der Waals surface area contributed by atoms with Crippen molar-refractivity contribution in [1.29, 1.82) is 0 Å². The Morgan fingerprint density at radius 3 is 2.32 bits per heavy atom. The summed E-state index contributed by atoms with van der Waals surface area (Å²) in [7, 11) is 0. The van der Waals surface area contributed by atoms with E-state index in [1.165, 1.54) is 22.3 Å². The van der Waals surface area contributed by atoms with Gasteiger partial charge in [0.2, 0.25) is 0 Å². The second-order valence-electron chi connectivity index (χ2n) is 8.25. The SMILES string of the molecule is Cc1ccc(CN2CCN(/N=C\c3ccc(OCc4ccccc4)cc3)CC2)c(C)c1. The van der Waals surface area contributed by atoms with Crippen molar-refractivity contribution in [3.8, 4) is 5.75 Å². The quantitative estimate of drug-likeness (QED) is 0.508. The van der Waals surface area contributed by atoms with Gasteiger partial charge in [-0.1, -0.05) is 54.1 Å². The normalized spacial score (nSPS) is 14.8. The van der Waals surface area contributed by atoms with Crippen LogP contribution in [0.3, 0.4) is 0 Å². The third-order valence-corrected chi connectivity index (χ3v) is 5.74. The van der Waals surface area contributed by atoms with E-state index >= 15 is 0 Å². The molecule has 0 bridgehead atoms. The number of piperazine rings is 1. The van der Waals surface area contributed by atoms with Crippen molar-refractivity contribution in [1.82, 2.24) is 9.91 Å². The maximum atomic E-state index is 5.86. The molecule has 1 fully saturated rings. The summed E-state index contributed by atoms with van der Waals surface area (Å²) in [5.74, 6) is 0.876. The van der Waals surface area contributed by atoms with Crippen molar-refractivity contribution in [2.24, 2.45) is 5.10 Å². The van der Waals surface area contributed by atoms with Crippen LogP contribution in [-0.2, 0) is 13.2 Å². The van der Waals surface area contributed by atoms with E-state index in [1.807, 2.05) is 36.5 Å². The van der Waals surface area contributed by atoms with Gasteiger partial charge in [-0.3, -0.25) is 9.91 Å². The lowest BCUT2D eigenvalue weighted by atomic mass is 10.1. The van der Waals surface area contributed by atoms with Gasteiger partial charge in [0.25, 0.3) is 0 Å². The Labute approximate surface area is 185 Å². The molecule has 0 N–H and O–H groups in total. The Morgan fingerprint density at radius 2 is 1.61 bits per heavy atom. The van der Waals surface area contributed by atoms with Gasteiger partial charge in [-0.2, -0.15) is 5.10 Å². The van der Waals surface area contributed by atoms with Gasteiger partial charge in [0.05, 0.1) is 6.21 Å². The van der Waals surface area contributed by atoms with Crippen LogP contribution in [0.25, 0.3) is 0 Å². The fourth-order valence-corrected chi connectivity index (χ4v) is 3.81. The van der Waals surface area contributed by atoms with E-state index < -0.39 is 0 Å². The Balaban J connectivity index is 1.23. The molecule has 0 saturated carbocycles. The molecule has 4 heteroatoms. The van der Waals surface area contributed by atoms with Crippen LogP contribution in [0.4, 0.5) is 0 Å². The molecule has 3 aromatic rings. The number of hydrogen-bond acceptors (Lipinski definition) is 4. The van der Waals surface area contributed by atoms with E-state index in [-0.39, 0.29) is 0 Å². The highest BCUT2D eigenvalue weighted by Gasteiger charge is 2.16. The number of hydrazone groups is 1. The second kappa shape index (κ2) is 10.3. The van der Waals surface area contributed by atoms with Crippen molar-refractivity contribution in [3.63, 3.8) is 0 Å². The third-order valence-electron chi connectivity index (χ3n) is 5.74. The number of rotatable bonds is 7. The minimum Gasteiger partial charge on any atom is -0.489 e. The Bertz CT molecular complexity index is 991. The van der Waals surface area contributed by atoms with E-state index in [1.54, 1.807) is 0 Å². The summed E-state index contributed by atoms with van der Waals surface area (Å²) < 4.78 is 5.86. The highest BCUT2D eigenvalue weighted by molar-refractivity contribution is 5.79. The van der Waals surface area contributed by atoms with Crippen LogP contribution in [0.1, 0.15) is 27.8 Å². The zero-order chi connectivity index (χ0) is 21.5. The summed E-state index contributed by atoms with van der Waals surface area (Å²) >= 11 is 0. The molecule has 160 valence electrons. The number of benzene rings is 3. The van der Waals surface area contributed by atoms with Gasteiger partial charge in [-0.15, -0.1) is 0 Å². The summed E-state index contributed by atoms with van der Waals surface area (Å²) in [5.41, 5.74) is 6.40. The third kappa shape index (κ3) is 6.19. The molecule has 1 aliphatic heterocycles. The van der Waals surface area contributed by atoms with Gasteiger partial charge < -0.3 is 4.74 Å². The predicted molar refractivity (Wildman–Crippen MR) is 128 cm³/mol. The lowest BCUT2D eigenvalue weighted by Gasteiger charge is -2.33. The fourth-order valence-electron chi connectivity index (χ4n) is 3.81. The topological polar surface area (TPSA) is 28.1 Å². The van der Waals surface area contributed by atoms with Crippen LogP contribution in [0, 0.1) is 13.8 Å². The first-order valence-corrected chi connectivity index (χ1v) is 11.0. The molecule has 0 atom stereocenters. The van der Waals surface area contributed by atoms with Crippen LogP contribution in [0.2, 0.25) is 0 Å². The van der Waals surface area contributed by atoms with Crippen molar-refractivity contribution in [2.45, 2.75) is 27.0 Å². The molecule has 4 rings (SSSR count). The fraction of sp³-hybridized carbons (Fsp3) is 0.296. The molecule has 31 heavy (non-hydrogen) atoms. The first-order valence-electron chi connectivity index (χ1n) is 11.0. The summed E-state index contributed by atoms with van der Waals surface area (Å²) in [4.78, 5) is 2.52. The standard InChI is InChI=1S/C27H31N3O/c1-22-8-11-26(23(2)18-22)20-29-14-16-30(17-15-29)28-19-24-9-12-27(13-10-24)31-21-25-6-4-3-5-7-25/h3-13,18-19H,14-17,20-21H2,1-2H3/b28-19-. The van der Waals surface area contributed by atoms with Crippen molar-refractivity contribution in [3.05, 3.63) is 101 Å². The zero-order valence-corrected chi connectivity index (χ0v) is 18.5.